The van der Waals surface area contributed by atoms with Gasteiger partial charge in [0.05, 0.1) is 6.61 Å². The van der Waals surface area contributed by atoms with E-state index in [9.17, 15) is 9.18 Å². The molecule has 0 saturated carbocycles. The Labute approximate surface area is 92.3 Å². The maximum atomic E-state index is 13.6. The molecule has 1 atom stereocenters. The minimum Gasteiger partial charge on any atom is -0.478 e. The average Bonchev–Trinajstić information content (AvgIpc) is 2.21. The maximum Gasteiger partial charge on any atom is 0.338 e. The van der Waals surface area contributed by atoms with Gasteiger partial charge < -0.3 is 15.2 Å². The Kier molecular flexibility index (Phi) is 4.19. The molecule has 0 amide bonds. The molecule has 5 nitrogen and oxygen atoms in total. The third-order valence-electron chi connectivity index (χ3n) is 1.92. The standard InChI is InChI=1S/C10H13FN2O3/c1-6(5-16-2)13-9-8(11)7(10(14)15)3-4-12-9/h3-4,6H,5H2,1-2H3,(H,12,13)(H,14,15). The number of nitrogens with zero attached hydrogens (tertiary/aromatic N) is 1. The lowest BCUT2D eigenvalue weighted by Crippen LogP contribution is -2.22. The number of ether oxygens (including phenoxy) is 1. The smallest absolute Gasteiger partial charge is 0.338 e. The summed E-state index contributed by atoms with van der Waals surface area (Å²) in [4.78, 5) is 14.4. The molecule has 1 aromatic rings. The van der Waals surface area contributed by atoms with E-state index in [-0.39, 0.29) is 11.9 Å². The van der Waals surface area contributed by atoms with Gasteiger partial charge in [0.2, 0.25) is 0 Å². The van der Waals surface area contributed by atoms with Crippen LogP contribution in [0.25, 0.3) is 0 Å². The van der Waals surface area contributed by atoms with E-state index in [4.69, 9.17) is 9.84 Å². The Balaban J connectivity index is 2.89. The lowest BCUT2D eigenvalue weighted by molar-refractivity contribution is 0.0692. The molecular weight excluding hydrogens is 215 g/mol. The number of pyridine rings is 1. The number of rotatable bonds is 5. The molecule has 0 bridgehead atoms. The number of carbonyl (C=O) groups is 1. The first-order valence-electron chi connectivity index (χ1n) is 4.69. The van der Waals surface area contributed by atoms with E-state index in [0.29, 0.717) is 6.61 Å². The van der Waals surface area contributed by atoms with Gasteiger partial charge in [0.1, 0.15) is 5.56 Å². The highest BCUT2D eigenvalue weighted by Gasteiger charge is 2.16. The molecule has 6 heteroatoms. The third kappa shape index (κ3) is 2.90. The Morgan fingerprint density at radius 3 is 3.00 bits per heavy atom. The Morgan fingerprint density at radius 2 is 2.44 bits per heavy atom. The fourth-order valence-electron chi connectivity index (χ4n) is 1.23. The molecule has 1 unspecified atom stereocenters. The second kappa shape index (κ2) is 5.41. The summed E-state index contributed by atoms with van der Waals surface area (Å²) in [6, 6.07) is 0.958. The van der Waals surface area contributed by atoms with Crippen molar-refractivity contribution in [3.63, 3.8) is 0 Å². The summed E-state index contributed by atoms with van der Waals surface area (Å²) in [5.74, 6) is -2.26. The monoisotopic (exact) mass is 228 g/mol. The molecule has 1 aromatic heterocycles. The van der Waals surface area contributed by atoms with Crippen molar-refractivity contribution in [1.29, 1.82) is 0 Å². The van der Waals surface area contributed by atoms with Crippen molar-refractivity contribution in [1.82, 2.24) is 4.98 Å². The van der Waals surface area contributed by atoms with E-state index >= 15 is 0 Å². The first-order valence-corrected chi connectivity index (χ1v) is 4.69. The van der Waals surface area contributed by atoms with Crippen LogP contribution >= 0.6 is 0 Å². The number of carboxylic acids is 1. The largest absolute Gasteiger partial charge is 0.478 e. The lowest BCUT2D eigenvalue weighted by Gasteiger charge is -2.14. The molecule has 0 aliphatic heterocycles. The van der Waals surface area contributed by atoms with Crippen molar-refractivity contribution in [3.05, 3.63) is 23.6 Å². The van der Waals surface area contributed by atoms with E-state index in [1.54, 1.807) is 6.92 Å². The highest BCUT2D eigenvalue weighted by molar-refractivity contribution is 5.88. The van der Waals surface area contributed by atoms with Crippen LogP contribution in [0.1, 0.15) is 17.3 Å². The Bertz CT molecular complexity index is 384. The van der Waals surface area contributed by atoms with Crippen molar-refractivity contribution < 1.29 is 19.0 Å². The van der Waals surface area contributed by atoms with Gasteiger partial charge in [-0.1, -0.05) is 0 Å². The van der Waals surface area contributed by atoms with Crippen molar-refractivity contribution in [2.24, 2.45) is 0 Å². The zero-order valence-corrected chi connectivity index (χ0v) is 9.03. The average molecular weight is 228 g/mol. The van der Waals surface area contributed by atoms with Crippen LogP contribution in [-0.4, -0.2) is 35.8 Å². The van der Waals surface area contributed by atoms with E-state index < -0.39 is 17.3 Å². The molecule has 0 fully saturated rings. The number of nitrogens with one attached hydrogen (secondary N) is 1. The molecule has 0 aliphatic rings. The van der Waals surface area contributed by atoms with Gasteiger partial charge in [-0.2, -0.15) is 0 Å². The second-order valence-electron chi connectivity index (χ2n) is 3.33. The van der Waals surface area contributed by atoms with Crippen molar-refractivity contribution in [2.45, 2.75) is 13.0 Å². The summed E-state index contributed by atoms with van der Waals surface area (Å²) in [5, 5.41) is 11.4. The summed E-state index contributed by atoms with van der Waals surface area (Å²) in [5.41, 5.74) is -0.401. The molecule has 0 radical (unpaired) electrons. The summed E-state index contributed by atoms with van der Waals surface area (Å²) in [6.07, 6.45) is 1.24. The summed E-state index contributed by atoms with van der Waals surface area (Å²) < 4.78 is 18.4. The van der Waals surface area contributed by atoms with Gasteiger partial charge in [-0.3, -0.25) is 0 Å². The van der Waals surface area contributed by atoms with E-state index in [1.807, 2.05) is 0 Å². The molecular formula is C10H13FN2O3. The van der Waals surface area contributed by atoms with Crippen LogP contribution in [0, 0.1) is 5.82 Å². The molecule has 88 valence electrons. The van der Waals surface area contributed by atoms with E-state index in [1.165, 1.54) is 13.3 Å². The molecule has 0 aromatic carbocycles. The quantitative estimate of drug-likeness (QED) is 0.796. The number of aromatic carboxylic acids is 1. The minimum absolute atomic E-state index is 0.0792. The van der Waals surface area contributed by atoms with E-state index in [2.05, 4.69) is 10.3 Å². The predicted molar refractivity (Wildman–Crippen MR) is 56.1 cm³/mol. The zero-order chi connectivity index (χ0) is 12.1. The number of halogens is 1. The van der Waals surface area contributed by atoms with Crippen molar-refractivity contribution in [2.75, 3.05) is 19.0 Å². The number of hydrogen-bond acceptors (Lipinski definition) is 4. The first kappa shape index (κ1) is 12.4. The van der Waals surface area contributed by atoms with Gasteiger partial charge in [-0.25, -0.2) is 14.2 Å². The van der Waals surface area contributed by atoms with Crippen LogP contribution < -0.4 is 5.32 Å². The van der Waals surface area contributed by atoms with Crippen LogP contribution in [0.4, 0.5) is 10.2 Å². The van der Waals surface area contributed by atoms with E-state index in [0.717, 1.165) is 6.07 Å². The highest BCUT2D eigenvalue weighted by Crippen LogP contribution is 2.15. The number of anilines is 1. The first-order chi connectivity index (χ1) is 7.56. The normalized spacial score (nSPS) is 12.2. The number of methoxy groups -OCH3 is 1. The Hall–Kier alpha value is -1.69. The number of hydrogen-bond donors (Lipinski definition) is 2. The minimum atomic E-state index is -1.32. The summed E-state index contributed by atoms with van der Waals surface area (Å²) in [7, 11) is 1.52. The lowest BCUT2D eigenvalue weighted by atomic mass is 10.2. The maximum absolute atomic E-state index is 13.6. The molecule has 2 N–H and O–H groups in total. The van der Waals surface area contributed by atoms with Gasteiger partial charge in [0.25, 0.3) is 0 Å². The summed E-state index contributed by atoms with van der Waals surface area (Å²) >= 11 is 0. The molecule has 1 rings (SSSR count). The van der Waals surface area contributed by atoms with Crippen molar-refractivity contribution in [3.8, 4) is 0 Å². The van der Waals surface area contributed by atoms with Crippen LogP contribution in [0.3, 0.4) is 0 Å². The fourth-order valence-corrected chi connectivity index (χ4v) is 1.23. The topological polar surface area (TPSA) is 71.5 Å². The van der Waals surface area contributed by atoms with Crippen LogP contribution in [-0.2, 0) is 4.74 Å². The summed E-state index contributed by atoms with van der Waals surface area (Å²) in [6.45, 7) is 2.15. The Morgan fingerprint density at radius 1 is 1.75 bits per heavy atom. The van der Waals surface area contributed by atoms with Gasteiger partial charge in [-0.05, 0) is 13.0 Å². The van der Waals surface area contributed by atoms with Gasteiger partial charge in [0, 0.05) is 19.3 Å². The zero-order valence-electron chi connectivity index (χ0n) is 9.03. The second-order valence-corrected chi connectivity index (χ2v) is 3.33. The molecule has 0 saturated heterocycles. The SMILES string of the molecule is COCC(C)Nc1nccc(C(=O)O)c1F. The fraction of sp³-hybridized carbons (Fsp3) is 0.400. The third-order valence-corrected chi connectivity index (χ3v) is 1.92. The highest BCUT2D eigenvalue weighted by atomic mass is 19.1. The predicted octanol–water partition coefficient (Wildman–Crippen LogP) is 1.37. The van der Waals surface area contributed by atoms with Gasteiger partial charge in [0.15, 0.2) is 11.6 Å². The van der Waals surface area contributed by atoms with Crippen LogP contribution in [0.15, 0.2) is 12.3 Å². The van der Waals surface area contributed by atoms with Crippen LogP contribution in [0.5, 0.6) is 0 Å². The number of carboxylic acid groups (broad SMARTS) is 1. The molecule has 0 spiro atoms. The van der Waals surface area contributed by atoms with Crippen LogP contribution in [0.2, 0.25) is 0 Å². The molecule has 0 aliphatic carbocycles. The van der Waals surface area contributed by atoms with Crippen molar-refractivity contribution >= 4 is 11.8 Å². The van der Waals surface area contributed by atoms with Gasteiger partial charge in [-0.15, -0.1) is 0 Å². The van der Waals surface area contributed by atoms with Gasteiger partial charge >= 0.3 is 5.97 Å². The molecule has 16 heavy (non-hydrogen) atoms. The number of aromatic nitrogens is 1. The molecule has 1 heterocycles.